The molecule has 0 atom stereocenters. The highest BCUT2D eigenvalue weighted by atomic mass is 16.5. The summed E-state index contributed by atoms with van der Waals surface area (Å²) >= 11 is 0. The highest BCUT2D eigenvalue weighted by Crippen LogP contribution is 2.32. The maximum atomic E-state index is 12.8. The van der Waals surface area contributed by atoms with Crippen LogP contribution < -0.4 is 10.3 Å². The molecule has 28 heavy (non-hydrogen) atoms. The minimum Gasteiger partial charge on any atom is -0.493 e. The summed E-state index contributed by atoms with van der Waals surface area (Å²) in [6.07, 6.45) is 3.80. The fourth-order valence-corrected chi connectivity index (χ4v) is 3.38. The molecule has 9 heteroatoms. The van der Waals surface area contributed by atoms with E-state index >= 15 is 0 Å². The second kappa shape index (κ2) is 7.26. The average molecular weight is 379 g/mol. The van der Waals surface area contributed by atoms with Gasteiger partial charge in [-0.05, 0) is 42.3 Å². The van der Waals surface area contributed by atoms with E-state index in [0.29, 0.717) is 35.1 Å². The largest absolute Gasteiger partial charge is 0.493 e. The molecule has 4 aromatic rings. The van der Waals surface area contributed by atoms with E-state index in [1.807, 2.05) is 42.9 Å². The molecular formula is C19H21N7O2. The summed E-state index contributed by atoms with van der Waals surface area (Å²) in [5.74, 6) is 1.54. The Kier molecular flexibility index (Phi) is 4.64. The molecule has 0 aliphatic rings. The predicted octanol–water partition coefficient (Wildman–Crippen LogP) is 2.46. The summed E-state index contributed by atoms with van der Waals surface area (Å²) in [6, 6.07) is 5.52. The van der Waals surface area contributed by atoms with E-state index in [1.165, 1.54) is 0 Å². The van der Waals surface area contributed by atoms with Gasteiger partial charge in [-0.2, -0.15) is 5.21 Å². The van der Waals surface area contributed by atoms with Crippen molar-refractivity contribution in [2.45, 2.75) is 26.7 Å². The van der Waals surface area contributed by atoms with Crippen LogP contribution in [0.4, 0.5) is 0 Å². The number of ether oxygens (including phenoxy) is 1. The highest BCUT2D eigenvalue weighted by Gasteiger charge is 2.17. The molecular weight excluding hydrogens is 358 g/mol. The van der Waals surface area contributed by atoms with Crippen molar-refractivity contribution in [3.63, 3.8) is 0 Å². The molecule has 0 spiro atoms. The maximum Gasteiger partial charge on any atom is 0.275 e. The van der Waals surface area contributed by atoms with Crippen molar-refractivity contribution in [2.75, 3.05) is 6.61 Å². The quantitative estimate of drug-likeness (QED) is 0.532. The Balaban J connectivity index is 1.94. The smallest absolute Gasteiger partial charge is 0.275 e. The fraction of sp³-hybridized carbons (Fsp3) is 0.316. The van der Waals surface area contributed by atoms with Gasteiger partial charge in [-0.1, -0.05) is 13.3 Å². The number of rotatable bonds is 6. The SMILES string of the molecule is CCCc1cn(C)c2c(=O)[nH]c(-c3cc(-c4nn[nH]n4)ccc3OCC)nc12. The van der Waals surface area contributed by atoms with Crippen molar-refractivity contribution in [3.8, 4) is 28.5 Å². The number of H-pyrrole nitrogens is 2. The van der Waals surface area contributed by atoms with Gasteiger partial charge in [0.05, 0.1) is 17.7 Å². The molecule has 0 radical (unpaired) electrons. The third-order valence-corrected chi connectivity index (χ3v) is 4.56. The number of nitrogens with one attached hydrogen (secondary N) is 2. The number of benzene rings is 1. The van der Waals surface area contributed by atoms with Crippen LogP contribution in [0.1, 0.15) is 25.8 Å². The van der Waals surface area contributed by atoms with Crippen molar-refractivity contribution in [1.29, 1.82) is 0 Å². The Morgan fingerprint density at radius 2 is 2.11 bits per heavy atom. The molecule has 3 aromatic heterocycles. The lowest BCUT2D eigenvalue weighted by Crippen LogP contribution is -2.12. The lowest BCUT2D eigenvalue weighted by molar-refractivity contribution is 0.341. The molecule has 0 amide bonds. The van der Waals surface area contributed by atoms with Crippen LogP contribution in [-0.4, -0.2) is 41.8 Å². The van der Waals surface area contributed by atoms with E-state index in [0.717, 1.165) is 29.5 Å². The molecule has 0 fully saturated rings. The summed E-state index contributed by atoms with van der Waals surface area (Å²) in [4.78, 5) is 20.5. The first-order valence-corrected chi connectivity index (χ1v) is 9.21. The van der Waals surface area contributed by atoms with Crippen molar-refractivity contribution < 1.29 is 4.74 Å². The average Bonchev–Trinajstić information content (AvgIpc) is 3.32. The molecule has 3 heterocycles. The Labute approximate surface area is 160 Å². The zero-order valence-corrected chi connectivity index (χ0v) is 16.0. The van der Waals surface area contributed by atoms with Gasteiger partial charge in [0.2, 0.25) is 5.82 Å². The van der Waals surface area contributed by atoms with Gasteiger partial charge in [0, 0.05) is 18.8 Å². The number of tetrazole rings is 1. The van der Waals surface area contributed by atoms with Crippen molar-refractivity contribution >= 4 is 11.0 Å². The minimum atomic E-state index is -0.183. The molecule has 0 saturated carbocycles. The van der Waals surface area contributed by atoms with Gasteiger partial charge < -0.3 is 14.3 Å². The molecule has 0 aliphatic carbocycles. The molecule has 9 nitrogen and oxygen atoms in total. The first kappa shape index (κ1) is 17.9. The van der Waals surface area contributed by atoms with Crippen LogP contribution >= 0.6 is 0 Å². The predicted molar refractivity (Wildman–Crippen MR) is 105 cm³/mol. The van der Waals surface area contributed by atoms with E-state index < -0.39 is 0 Å². The van der Waals surface area contributed by atoms with Crippen molar-refractivity contribution in [3.05, 3.63) is 40.3 Å². The van der Waals surface area contributed by atoms with Gasteiger partial charge in [-0.3, -0.25) is 4.79 Å². The number of aryl methyl sites for hydroxylation is 2. The second-order valence-corrected chi connectivity index (χ2v) is 6.51. The van der Waals surface area contributed by atoms with Crippen LogP contribution in [0, 0.1) is 0 Å². The second-order valence-electron chi connectivity index (χ2n) is 6.51. The zero-order valence-electron chi connectivity index (χ0n) is 16.0. The Morgan fingerprint density at radius 3 is 2.82 bits per heavy atom. The number of hydrogen-bond acceptors (Lipinski definition) is 6. The Bertz CT molecular complexity index is 1180. The van der Waals surface area contributed by atoms with Crippen LogP contribution in [0.15, 0.2) is 29.2 Å². The van der Waals surface area contributed by atoms with Crippen LogP contribution in [0.5, 0.6) is 5.75 Å². The maximum absolute atomic E-state index is 12.8. The van der Waals surface area contributed by atoms with Gasteiger partial charge in [-0.15, -0.1) is 10.2 Å². The number of aromatic nitrogens is 7. The zero-order chi connectivity index (χ0) is 19.7. The fourth-order valence-electron chi connectivity index (χ4n) is 3.38. The number of fused-ring (bicyclic) bond motifs is 1. The molecule has 144 valence electrons. The lowest BCUT2D eigenvalue weighted by Gasteiger charge is -2.11. The summed E-state index contributed by atoms with van der Waals surface area (Å²) in [5.41, 5.74) is 3.58. The van der Waals surface area contributed by atoms with Crippen molar-refractivity contribution in [2.24, 2.45) is 7.05 Å². The monoisotopic (exact) mass is 379 g/mol. The van der Waals surface area contributed by atoms with E-state index in [4.69, 9.17) is 9.72 Å². The molecule has 0 bridgehead atoms. The van der Waals surface area contributed by atoms with Gasteiger partial charge in [-0.25, -0.2) is 4.98 Å². The van der Waals surface area contributed by atoms with Crippen LogP contribution in [-0.2, 0) is 13.5 Å². The molecule has 0 saturated heterocycles. The van der Waals surface area contributed by atoms with Gasteiger partial charge in [0.15, 0.2) is 0 Å². The number of nitrogens with zero attached hydrogens (tertiary/aromatic N) is 5. The van der Waals surface area contributed by atoms with Gasteiger partial charge in [0.25, 0.3) is 5.56 Å². The topological polar surface area (TPSA) is 114 Å². The first-order chi connectivity index (χ1) is 13.6. The summed E-state index contributed by atoms with van der Waals surface area (Å²) in [6.45, 7) is 4.51. The van der Waals surface area contributed by atoms with Gasteiger partial charge in [0.1, 0.15) is 17.1 Å². The third kappa shape index (κ3) is 3.04. The summed E-state index contributed by atoms with van der Waals surface area (Å²) < 4.78 is 7.60. The normalized spacial score (nSPS) is 11.2. The standard InChI is InChI=1S/C19H21N7O2/c1-4-6-12-10-26(3)16-15(12)20-18(21-19(16)27)13-9-11(17-22-24-25-23-17)7-8-14(13)28-5-2/h7-10H,4-6H2,1-3H3,(H,20,21,27)(H,22,23,24,25). The van der Waals surface area contributed by atoms with E-state index in [-0.39, 0.29) is 5.56 Å². The Morgan fingerprint density at radius 1 is 1.25 bits per heavy atom. The molecule has 2 N–H and O–H groups in total. The molecule has 1 aromatic carbocycles. The molecule has 4 rings (SSSR count). The summed E-state index contributed by atoms with van der Waals surface area (Å²) in [7, 11) is 1.86. The van der Waals surface area contributed by atoms with E-state index in [9.17, 15) is 4.79 Å². The minimum absolute atomic E-state index is 0.183. The Hall–Kier alpha value is -3.49. The molecule has 0 aliphatic heterocycles. The number of hydrogen-bond donors (Lipinski definition) is 2. The van der Waals surface area contributed by atoms with E-state index in [1.54, 1.807) is 0 Å². The number of aromatic amines is 2. The van der Waals surface area contributed by atoms with Crippen LogP contribution in [0.2, 0.25) is 0 Å². The third-order valence-electron chi connectivity index (χ3n) is 4.56. The van der Waals surface area contributed by atoms with E-state index in [2.05, 4.69) is 32.5 Å². The van der Waals surface area contributed by atoms with Crippen molar-refractivity contribution in [1.82, 2.24) is 35.2 Å². The van der Waals surface area contributed by atoms with Gasteiger partial charge >= 0.3 is 0 Å². The molecule has 0 unspecified atom stereocenters. The summed E-state index contributed by atoms with van der Waals surface area (Å²) in [5, 5.41) is 14.1. The highest BCUT2D eigenvalue weighted by molar-refractivity contribution is 5.82. The van der Waals surface area contributed by atoms with Crippen LogP contribution in [0.25, 0.3) is 33.8 Å². The lowest BCUT2D eigenvalue weighted by atomic mass is 10.1. The first-order valence-electron chi connectivity index (χ1n) is 9.21. The van der Waals surface area contributed by atoms with Crippen LogP contribution in [0.3, 0.4) is 0 Å².